The van der Waals surface area contributed by atoms with Crippen LogP contribution in [0.1, 0.15) is 53.2 Å². The van der Waals surface area contributed by atoms with Gasteiger partial charge in [-0.25, -0.2) is 13.8 Å². The summed E-state index contributed by atoms with van der Waals surface area (Å²) in [7, 11) is -3.70. The molecule has 0 amide bonds. The third-order valence-electron chi connectivity index (χ3n) is 3.72. The van der Waals surface area contributed by atoms with Crippen LogP contribution in [-0.2, 0) is 15.3 Å². The number of aromatic nitrogens is 1. The Morgan fingerprint density at radius 3 is 2.24 bits per heavy atom. The third kappa shape index (κ3) is 6.85. The van der Waals surface area contributed by atoms with Crippen molar-refractivity contribution in [3.63, 3.8) is 0 Å². The number of hydrogen-bond acceptors (Lipinski definition) is 6. The van der Waals surface area contributed by atoms with E-state index in [1.54, 1.807) is 6.07 Å². The lowest BCUT2D eigenvalue weighted by Gasteiger charge is -2.25. The summed E-state index contributed by atoms with van der Waals surface area (Å²) in [4.78, 5) is 0. The molecule has 1 rings (SSSR count). The minimum Gasteiger partial charge on any atom is -0.337 e. The Bertz CT molecular complexity index is 662. The number of halogens is 3. The van der Waals surface area contributed by atoms with Gasteiger partial charge in [0, 0.05) is 24.4 Å². The highest BCUT2D eigenvalue weighted by Gasteiger charge is 2.35. The molecule has 1 heterocycles. The van der Waals surface area contributed by atoms with Gasteiger partial charge in [0.15, 0.2) is 9.84 Å². The van der Waals surface area contributed by atoms with Crippen molar-refractivity contribution in [3.8, 4) is 0 Å². The maximum Gasteiger partial charge on any atom is 0.389 e. The zero-order chi connectivity index (χ0) is 19.5. The van der Waals surface area contributed by atoms with Gasteiger partial charge in [0.1, 0.15) is 0 Å². The Labute approximate surface area is 146 Å². The molecule has 0 saturated carbocycles. The Morgan fingerprint density at radius 1 is 1.16 bits per heavy atom. The normalized spacial score (nSPS) is 13.9. The molecule has 2 N–H and O–H groups in total. The van der Waals surface area contributed by atoms with E-state index in [4.69, 9.17) is 4.52 Å². The standard InChI is InChI=1S/C15H26F3N3O3S/c1-13(2,3)11-9-12(24-21-11)20-19-10-14(4,5)25(22,23)8-6-7-15(16,17)18/h9,19-20H,6-8,10H2,1-5H3. The quantitative estimate of drug-likeness (QED) is 0.667. The maximum atomic E-state index is 12.2. The van der Waals surface area contributed by atoms with E-state index in [1.807, 2.05) is 20.8 Å². The molecule has 0 fully saturated rings. The summed E-state index contributed by atoms with van der Waals surface area (Å²) in [5, 5.41) is 3.91. The molecule has 0 aliphatic heterocycles. The van der Waals surface area contributed by atoms with Crippen molar-refractivity contribution in [1.29, 1.82) is 0 Å². The lowest BCUT2D eigenvalue weighted by molar-refractivity contribution is -0.134. The highest BCUT2D eigenvalue weighted by atomic mass is 32.2. The summed E-state index contributed by atoms with van der Waals surface area (Å²) < 4.78 is 64.9. The van der Waals surface area contributed by atoms with E-state index < -0.39 is 39.4 Å². The smallest absolute Gasteiger partial charge is 0.337 e. The topological polar surface area (TPSA) is 84.2 Å². The predicted molar refractivity (Wildman–Crippen MR) is 90.0 cm³/mol. The fourth-order valence-electron chi connectivity index (χ4n) is 1.88. The average molecular weight is 385 g/mol. The molecule has 0 unspecified atom stereocenters. The van der Waals surface area contributed by atoms with Crippen LogP contribution in [0.15, 0.2) is 10.6 Å². The van der Waals surface area contributed by atoms with Crippen LogP contribution in [-0.4, -0.2) is 36.8 Å². The SMILES string of the molecule is CC(C)(C)c1cc(NNCC(C)(C)S(=O)(=O)CCCC(F)(F)F)on1. The van der Waals surface area contributed by atoms with E-state index in [-0.39, 0.29) is 12.0 Å². The van der Waals surface area contributed by atoms with Gasteiger partial charge in [0.05, 0.1) is 16.2 Å². The van der Waals surface area contributed by atoms with Gasteiger partial charge in [0.25, 0.3) is 0 Å². The average Bonchev–Trinajstić information content (AvgIpc) is 2.85. The minimum absolute atomic E-state index is 0.00704. The molecule has 0 saturated heterocycles. The van der Waals surface area contributed by atoms with Crippen molar-refractivity contribution in [2.24, 2.45) is 0 Å². The van der Waals surface area contributed by atoms with Crippen LogP contribution in [0.2, 0.25) is 0 Å². The fraction of sp³-hybridized carbons (Fsp3) is 0.800. The van der Waals surface area contributed by atoms with Gasteiger partial charge >= 0.3 is 6.18 Å². The molecular weight excluding hydrogens is 359 g/mol. The summed E-state index contributed by atoms with van der Waals surface area (Å²) >= 11 is 0. The second-order valence-corrected chi connectivity index (χ2v) is 10.3. The number of nitrogens with one attached hydrogen (secondary N) is 2. The largest absolute Gasteiger partial charge is 0.389 e. The molecule has 0 bridgehead atoms. The minimum atomic E-state index is -4.35. The van der Waals surface area contributed by atoms with Crippen LogP contribution in [0.4, 0.5) is 19.1 Å². The highest BCUT2D eigenvalue weighted by Crippen LogP contribution is 2.25. The molecule has 0 spiro atoms. The summed E-state index contributed by atoms with van der Waals surface area (Å²) in [6.07, 6.45) is -5.90. The molecule has 25 heavy (non-hydrogen) atoms. The first kappa shape index (κ1) is 21.8. The number of rotatable bonds is 8. The Kier molecular flexibility index (Phi) is 6.55. The molecule has 0 atom stereocenters. The lowest BCUT2D eigenvalue weighted by atomic mass is 9.92. The predicted octanol–water partition coefficient (Wildman–Crippen LogP) is 3.42. The van der Waals surface area contributed by atoms with Crippen molar-refractivity contribution < 1.29 is 26.1 Å². The van der Waals surface area contributed by atoms with Crippen molar-refractivity contribution in [1.82, 2.24) is 10.6 Å². The maximum absolute atomic E-state index is 12.2. The molecule has 10 heteroatoms. The monoisotopic (exact) mass is 385 g/mol. The van der Waals surface area contributed by atoms with Crippen LogP contribution in [0.5, 0.6) is 0 Å². The van der Waals surface area contributed by atoms with Crippen molar-refractivity contribution in [2.75, 3.05) is 17.7 Å². The third-order valence-corrected chi connectivity index (χ3v) is 6.37. The van der Waals surface area contributed by atoms with Crippen molar-refractivity contribution >= 4 is 15.7 Å². The van der Waals surface area contributed by atoms with Crippen LogP contribution >= 0.6 is 0 Å². The summed E-state index contributed by atoms with van der Waals surface area (Å²) in [5.74, 6) is -0.187. The fourth-order valence-corrected chi connectivity index (χ4v) is 3.25. The number of sulfone groups is 1. The Balaban J connectivity index is 2.55. The van der Waals surface area contributed by atoms with Crippen LogP contribution in [0, 0.1) is 0 Å². The van der Waals surface area contributed by atoms with E-state index >= 15 is 0 Å². The molecule has 0 aromatic carbocycles. The summed E-state index contributed by atoms with van der Waals surface area (Å²) in [6.45, 7) is 8.83. The Hall–Kier alpha value is -1.29. The molecule has 1 aromatic heterocycles. The van der Waals surface area contributed by atoms with Gasteiger partial charge in [-0.2, -0.15) is 13.2 Å². The van der Waals surface area contributed by atoms with Gasteiger partial charge < -0.3 is 4.52 Å². The number of alkyl halides is 3. The van der Waals surface area contributed by atoms with Crippen molar-refractivity contribution in [2.45, 2.75) is 63.8 Å². The van der Waals surface area contributed by atoms with Crippen LogP contribution in [0.25, 0.3) is 0 Å². The zero-order valence-electron chi connectivity index (χ0n) is 15.1. The second kappa shape index (κ2) is 7.53. The molecule has 146 valence electrons. The van der Waals surface area contributed by atoms with Gasteiger partial charge in [-0.1, -0.05) is 25.9 Å². The summed E-state index contributed by atoms with van der Waals surface area (Å²) in [5.41, 5.74) is 6.00. The van der Waals surface area contributed by atoms with E-state index in [1.165, 1.54) is 13.8 Å². The molecule has 0 radical (unpaired) electrons. The van der Waals surface area contributed by atoms with E-state index in [0.717, 1.165) is 5.69 Å². The molecular formula is C15H26F3N3O3S. The van der Waals surface area contributed by atoms with Crippen LogP contribution < -0.4 is 10.9 Å². The number of hydrogen-bond donors (Lipinski definition) is 2. The van der Waals surface area contributed by atoms with Crippen LogP contribution in [0.3, 0.4) is 0 Å². The highest BCUT2D eigenvalue weighted by molar-refractivity contribution is 7.92. The number of nitrogens with zero attached hydrogens (tertiary/aromatic N) is 1. The van der Waals surface area contributed by atoms with Crippen molar-refractivity contribution in [3.05, 3.63) is 11.8 Å². The van der Waals surface area contributed by atoms with Gasteiger partial charge in [-0.3, -0.25) is 5.43 Å². The molecule has 0 aliphatic carbocycles. The second-order valence-electron chi connectivity index (χ2n) is 7.60. The summed E-state index contributed by atoms with van der Waals surface area (Å²) in [6, 6.07) is 1.69. The molecule has 0 aliphatic rings. The zero-order valence-corrected chi connectivity index (χ0v) is 15.9. The van der Waals surface area contributed by atoms with Gasteiger partial charge in [-0.05, 0) is 20.3 Å². The first-order valence-electron chi connectivity index (χ1n) is 7.89. The van der Waals surface area contributed by atoms with Gasteiger partial charge in [-0.15, -0.1) is 0 Å². The number of hydrazine groups is 1. The molecule has 6 nitrogen and oxygen atoms in total. The van der Waals surface area contributed by atoms with E-state index in [2.05, 4.69) is 16.0 Å². The molecule has 1 aromatic rings. The van der Waals surface area contributed by atoms with E-state index in [0.29, 0.717) is 5.88 Å². The Morgan fingerprint density at radius 2 is 1.76 bits per heavy atom. The first-order valence-corrected chi connectivity index (χ1v) is 9.54. The number of anilines is 1. The van der Waals surface area contributed by atoms with Gasteiger partial charge in [0.2, 0.25) is 5.88 Å². The lowest BCUT2D eigenvalue weighted by Crippen LogP contribution is -2.45. The first-order chi connectivity index (χ1) is 11.1. The van der Waals surface area contributed by atoms with E-state index in [9.17, 15) is 21.6 Å².